The Morgan fingerprint density at radius 2 is 2.00 bits per heavy atom. The third-order valence-corrected chi connectivity index (χ3v) is 2.29. The Morgan fingerprint density at radius 1 is 1.39 bits per heavy atom. The lowest BCUT2D eigenvalue weighted by atomic mass is 10.0. The van der Waals surface area contributed by atoms with Crippen LogP contribution in [-0.2, 0) is 9.53 Å². The van der Waals surface area contributed by atoms with Crippen molar-refractivity contribution in [3.8, 4) is 0 Å². The molecule has 2 nitrogen and oxygen atoms in total. The average Bonchev–Trinajstić information content (AvgIpc) is 2.34. The van der Waals surface area contributed by atoms with Crippen molar-refractivity contribution in [1.29, 1.82) is 0 Å². The molecule has 4 heteroatoms. The first kappa shape index (κ1) is 14.4. The third kappa shape index (κ3) is 3.65. The van der Waals surface area contributed by atoms with E-state index in [2.05, 4.69) is 6.58 Å². The Morgan fingerprint density at radius 3 is 2.56 bits per heavy atom. The molecule has 0 radical (unpaired) electrons. The highest BCUT2D eigenvalue weighted by Crippen LogP contribution is 2.27. The molecule has 1 unspecified atom stereocenters. The molecule has 0 fully saturated rings. The number of alkyl halides is 1. The second-order valence-electron chi connectivity index (χ2n) is 4.40. The summed E-state index contributed by atoms with van der Waals surface area (Å²) in [7, 11) is 0. The monoisotopic (exact) mass is 254 g/mol. The minimum absolute atomic E-state index is 0.147. The number of rotatable bonds is 5. The van der Waals surface area contributed by atoms with Crippen LogP contribution < -0.4 is 0 Å². The SMILES string of the molecule is C=C(C(=O)OCC(C)C)C(F)c1ccccc1F. The van der Waals surface area contributed by atoms with Gasteiger partial charge < -0.3 is 4.74 Å². The lowest BCUT2D eigenvalue weighted by Crippen LogP contribution is -2.15. The fourth-order valence-corrected chi connectivity index (χ4v) is 1.31. The van der Waals surface area contributed by atoms with Gasteiger partial charge in [-0.1, -0.05) is 38.6 Å². The number of halogens is 2. The number of ether oxygens (including phenoxy) is 1. The molecule has 0 N–H and O–H groups in total. The van der Waals surface area contributed by atoms with Crippen molar-refractivity contribution in [2.24, 2.45) is 5.92 Å². The zero-order valence-corrected chi connectivity index (χ0v) is 10.5. The van der Waals surface area contributed by atoms with Gasteiger partial charge in [0.05, 0.1) is 12.2 Å². The van der Waals surface area contributed by atoms with Crippen LogP contribution in [0.5, 0.6) is 0 Å². The molecule has 0 aliphatic heterocycles. The van der Waals surface area contributed by atoms with Crippen molar-refractivity contribution in [2.45, 2.75) is 20.0 Å². The van der Waals surface area contributed by atoms with Crippen LogP contribution >= 0.6 is 0 Å². The van der Waals surface area contributed by atoms with E-state index < -0.39 is 18.0 Å². The third-order valence-electron chi connectivity index (χ3n) is 2.29. The van der Waals surface area contributed by atoms with Crippen molar-refractivity contribution < 1.29 is 18.3 Å². The fourth-order valence-electron chi connectivity index (χ4n) is 1.31. The predicted octanol–water partition coefficient (Wildman–Crippen LogP) is 3.59. The van der Waals surface area contributed by atoms with E-state index in [-0.39, 0.29) is 23.7 Å². The normalized spacial score (nSPS) is 12.3. The average molecular weight is 254 g/mol. The van der Waals surface area contributed by atoms with E-state index in [1.807, 2.05) is 13.8 Å². The summed E-state index contributed by atoms with van der Waals surface area (Å²) in [6, 6.07) is 5.36. The fraction of sp³-hybridized carbons (Fsp3) is 0.357. The number of benzene rings is 1. The van der Waals surface area contributed by atoms with Crippen molar-refractivity contribution in [3.05, 3.63) is 47.8 Å². The maximum atomic E-state index is 13.9. The molecule has 0 heterocycles. The molecule has 0 amide bonds. The highest BCUT2D eigenvalue weighted by atomic mass is 19.1. The van der Waals surface area contributed by atoms with Gasteiger partial charge in [0.2, 0.25) is 0 Å². The first-order valence-corrected chi connectivity index (χ1v) is 5.68. The van der Waals surface area contributed by atoms with E-state index in [9.17, 15) is 13.6 Å². The van der Waals surface area contributed by atoms with E-state index in [1.54, 1.807) is 0 Å². The van der Waals surface area contributed by atoms with Crippen LogP contribution in [-0.4, -0.2) is 12.6 Å². The standard InChI is InChI=1S/C14H16F2O2/c1-9(2)8-18-14(17)10(3)13(16)11-6-4-5-7-12(11)15/h4-7,9,13H,3,8H2,1-2H3. The molecule has 0 bridgehead atoms. The van der Waals surface area contributed by atoms with E-state index in [4.69, 9.17) is 4.74 Å². The van der Waals surface area contributed by atoms with Crippen LogP contribution in [0.15, 0.2) is 36.4 Å². The van der Waals surface area contributed by atoms with Crippen molar-refractivity contribution >= 4 is 5.97 Å². The minimum Gasteiger partial charge on any atom is -0.462 e. The van der Waals surface area contributed by atoms with Crippen LogP contribution in [0.3, 0.4) is 0 Å². The van der Waals surface area contributed by atoms with Gasteiger partial charge in [0.15, 0.2) is 6.17 Å². The van der Waals surface area contributed by atoms with Gasteiger partial charge in [0, 0.05) is 5.56 Å². The van der Waals surface area contributed by atoms with Gasteiger partial charge in [-0.25, -0.2) is 13.6 Å². The highest BCUT2D eigenvalue weighted by molar-refractivity contribution is 5.89. The number of esters is 1. The van der Waals surface area contributed by atoms with Gasteiger partial charge in [-0.3, -0.25) is 0 Å². The zero-order valence-electron chi connectivity index (χ0n) is 10.5. The summed E-state index contributed by atoms with van der Waals surface area (Å²) in [5.41, 5.74) is -0.593. The van der Waals surface area contributed by atoms with Crippen LogP contribution in [0.25, 0.3) is 0 Å². The first-order valence-electron chi connectivity index (χ1n) is 5.68. The largest absolute Gasteiger partial charge is 0.462 e. The second kappa shape index (κ2) is 6.28. The molecule has 1 aromatic rings. The molecule has 98 valence electrons. The van der Waals surface area contributed by atoms with Crippen LogP contribution in [0, 0.1) is 11.7 Å². The van der Waals surface area contributed by atoms with Crippen molar-refractivity contribution in [2.75, 3.05) is 6.61 Å². The van der Waals surface area contributed by atoms with Crippen LogP contribution in [0.1, 0.15) is 25.6 Å². The molecule has 0 spiro atoms. The molecular weight excluding hydrogens is 238 g/mol. The molecular formula is C14H16F2O2. The molecule has 1 rings (SSSR count). The minimum atomic E-state index is -1.88. The lowest BCUT2D eigenvalue weighted by Gasteiger charge is -2.13. The van der Waals surface area contributed by atoms with E-state index in [0.717, 1.165) is 6.07 Å². The molecule has 0 aliphatic rings. The molecule has 18 heavy (non-hydrogen) atoms. The van der Waals surface area contributed by atoms with Gasteiger partial charge in [-0.15, -0.1) is 0 Å². The molecule has 0 saturated heterocycles. The number of hydrogen-bond donors (Lipinski definition) is 0. The van der Waals surface area contributed by atoms with E-state index >= 15 is 0 Å². The zero-order chi connectivity index (χ0) is 13.7. The molecule has 0 saturated carbocycles. The van der Waals surface area contributed by atoms with Crippen molar-refractivity contribution in [1.82, 2.24) is 0 Å². The van der Waals surface area contributed by atoms with Gasteiger partial charge in [0.25, 0.3) is 0 Å². The van der Waals surface area contributed by atoms with E-state index in [0.29, 0.717) is 0 Å². The number of hydrogen-bond acceptors (Lipinski definition) is 2. The van der Waals surface area contributed by atoms with Gasteiger partial charge in [-0.2, -0.15) is 0 Å². The summed E-state index contributed by atoms with van der Waals surface area (Å²) in [4.78, 5) is 11.5. The number of carbonyl (C=O) groups excluding carboxylic acids is 1. The van der Waals surface area contributed by atoms with Crippen LogP contribution in [0.2, 0.25) is 0 Å². The maximum absolute atomic E-state index is 13.9. The van der Waals surface area contributed by atoms with Gasteiger partial charge >= 0.3 is 5.97 Å². The summed E-state index contributed by atoms with van der Waals surface area (Å²) in [5.74, 6) is -1.39. The summed E-state index contributed by atoms with van der Waals surface area (Å²) >= 11 is 0. The maximum Gasteiger partial charge on any atom is 0.336 e. The summed E-state index contributed by atoms with van der Waals surface area (Å²) in [5, 5.41) is 0. The van der Waals surface area contributed by atoms with Crippen LogP contribution in [0.4, 0.5) is 8.78 Å². The Balaban J connectivity index is 2.72. The van der Waals surface area contributed by atoms with Crippen molar-refractivity contribution in [3.63, 3.8) is 0 Å². The van der Waals surface area contributed by atoms with E-state index in [1.165, 1.54) is 18.2 Å². The predicted molar refractivity (Wildman–Crippen MR) is 65.2 cm³/mol. The Labute approximate surface area is 105 Å². The molecule has 1 atom stereocenters. The second-order valence-corrected chi connectivity index (χ2v) is 4.40. The Hall–Kier alpha value is -1.71. The smallest absolute Gasteiger partial charge is 0.336 e. The molecule has 0 aliphatic carbocycles. The Kier molecular flexibility index (Phi) is 5.01. The first-order chi connectivity index (χ1) is 8.43. The lowest BCUT2D eigenvalue weighted by molar-refractivity contribution is -0.140. The quantitative estimate of drug-likeness (QED) is 0.593. The number of carbonyl (C=O) groups is 1. The summed E-state index contributed by atoms with van der Waals surface area (Å²) in [6.07, 6.45) is -1.88. The highest BCUT2D eigenvalue weighted by Gasteiger charge is 2.24. The topological polar surface area (TPSA) is 26.3 Å². The van der Waals surface area contributed by atoms with Gasteiger partial charge in [-0.05, 0) is 12.0 Å². The molecule has 0 aromatic heterocycles. The molecule has 1 aromatic carbocycles. The summed E-state index contributed by atoms with van der Waals surface area (Å²) < 4.78 is 32.1. The summed E-state index contributed by atoms with van der Waals surface area (Å²) in [6.45, 7) is 7.24. The van der Waals surface area contributed by atoms with Gasteiger partial charge in [0.1, 0.15) is 5.82 Å². The Bertz CT molecular complexity index is 441.